The SMILES string of the molecule is Ic1nc(-c2cccs2)no1. The lowest BCUT2D eigenvalue weighted by Gasteiger charge is -1.80. The molecule has 0 bridgehead atoms. The third-order valence-electron chi connectivity index (χ3n) is 1.14. The average Bonchev–Trinajstić information content (AvgIpc) is 2.55. The summed E-state index contributed by atoms with van der Waals surface area (Å²) < 4.78 is 5.40. The summed E-state index contributed by atoms with van der Waals surface area (Å²) in [5.41, 5.74) is 0. The van der Waals surface area contributed by atoms with Crippen molar-refractivity contribution in [1.82, 2.24) is 10.1 Å². The number of aromatic nitrogens is 2. The molecule has 2 aromatic rings. The Kier molecular flexibility index (Phi) is 1.91. The van der Waals surface area contributed by atoms with Crippen molar-refractivity contribution in [1.29, 1.82) is 0 Å². The predicted molar refractivity (Wildman–Crippen MR) is 50.3 cm³/mol. The summed E-state index contributed by atoms with van der Waals surface area (Å²) >= 11 is 3.59. The van der Waals surface area contributed by atoms with Gasteiger partial charge in [-0.05, 0) is 11.4 Å². The molecule has 2 aromatic heterocycles. The first kappa shape index (κ1) is 7.23. The Balaban J connectivity index is 2.45. The minimum atomic E-state index is 0.575. The van der Waals surface area contributed by atoms with Crippen LogP contribution in [0.3, 0.4) is 0 Å². The van der Waals surface area contributed by atoms with Gasteiger partial charge in [0.25, 0.3) is 3.90 Å². The van der Waals surface area contributed by atoms with Crippen LogP contribution in [0.25, 0.3) is 10.7 Å². The van der Waals surface area contributed by atoms with E-state index in [2.05, 4.69) is 10.1 Å². The lowest BCUT2D eigenvalue weighted by atomic mass is 10.5. The maximum Gasteiger partial charge on any atom is 0.287 e. The predicted octanol–water partition coefficient (Wildman–Crippen LogP) is 2.40. The second-order valence-electron chi connectivity index (χ2n) is 1.85. The fourth-order valence-electron chi connectivity index (χ4n) is 0.711. The van der Waals surface area contributed by atoms with E-state index in [-0.39, 0.29) is 0 Å². The number of hydrogen-bond acceptors (Lipinski definition) is 4. The zero-order chi connectivity index (χ0) is 7.68. The van der Waals surface area contributed by atoms with Gasteiger partial charge in [0, 0.05) is 22.6 Å². The van der Waals surface area contributed by atoms with Crippen LogP contribution in [0, 0.1) is 3.90 Å². The van der Waals surface area contributed by atoms with Gasteiger partial charge in [0.05, 0.1) is 4.88 Å². The standard InChI is InChI=1S/C6H3IN2OS/c7-6-8-5(9-10-6)4-2-1-3-11-4/h1-3H. The first-order valence-electron chi connectivity index (χ1n) is 2.89. The molecule has 2 heterocycles. The van der Waals surface area contributed by atoms with Crippen molar-refractivity contribution in [2.24, 2.45) is 0 Å². The number of rotatable bonds is 1. The summed E-state index contributed by atoms with van der Waals surface area (Å²) in [5.74, 6) is 0.671. The van der Waals surface area contributed by atoms with Crippen LogP contribution in [-0.2, 0) is 0 Å². The molecule has 0 saturated heterocycles. The van der Waals surface area contributed by atoms with Gasteiger partial charge in [0.15, 0.2) is 0 Å². The van der Waals surface area contributed by atoms with Crippen molar-refractivity contribution in [3.05, 3.63) is 21.4 Å². The Hall–Kier alpha value is -0.430. The van der Waals surface area contributed by atoms with Gasteiger partial charge in [-0.1, -0.05) is 11.2 Å². The summed E-state index contributed by atoms with van der Waals surface area (Å²) in [4.78, 5) is 5.11. The van der Waals surface area contributed by atoms with E-state index < -0.39 is 0 Å². The molecule has 56 valence electrons. The molecule has 0 N–H and O–H groups in total. The molecule has 0 aliphatic rings. The van der Waals surface area contributed by atoms with Crippen LogP contribution in [0.4, 0.5) is 0 Å². The van der Waals surface area contributed by atoms with E-state index in [0.29, 0.717) is 9.72 Å². The summed E-state index contributed by atoms with van der Waals surface area (Å²) in [6.07, 6.45) is 0. The van der Waals surface area contributed by atoms with Crippen LogP contribution in [-0.4, -0.2) is 10.1 Å². The molecule has 0 aliphatic heterocycles. The zero-order valence-electron chi connectivity index (χ0n) is 5.32. The van der Waals surface area contributed by atoms with Gasteiger partial charge in [0.2, 0.25) is 5.82 Å². The smallest absolute Gasteiger partial charge is 0.287 e. The van der Waals surface area contributed by atoms with Gasteiger partial charge in [-0.15, -0.1) is 11.3 Å². The Bertz CT molecular complexity index is 343. The monoisotopic (exact) mass is 278 g/mol. The molecule has 0 aromatic carbocycles. The second kappa shape index (κ2) is 2.90. The van der Waals surface area contributed by atoms with Gasteiger partial charge in [-0.3, -0.25) is 0 Å². The van der Waals surface area contributed by atoms with Crippen molar-refractivity contribution in [2.75, 3.05) is 0 Å². The number of halogens is 1. The number of hydrogen-bond donors (Lipinski definition) is 0. The Morgan fingerprint density at radius 1 is 1.55 bits per heavy atom. The minimum Gasteiger partial charge on any atom is -0.328 e. The Labute approximate surface area is 80.6 Å². The Morgan fingerprint density at radius 2 is 2.45 bits per heavy atom. The van der Waals surface area contributed by atoms with Crippen molar-refractivity contribution in [3.8, 4) is 10.7 Å². The highest BCUT2D eigenvalue weighted by atomic mass is 127. The van der Waals surface area contributed by atoms with Gasteiger partial charge >= 0.3 is 0 Å². The van der Waals surface area contributed by atoms with Crippen molar-refractivity contribution in [3.63, 3.8) is 0 Å². The molecular weight excluding hydrogens is 275 g/mol. The average molecular weight is 278 g/mol. The third kappa shape index (κ3) is 1.43. The molecule has 0 amide bonds. The maximum atomic E-state index is 4.82. The van der Waals surface area contributed by atoms with E-state index in [0.717, 1.165) is 4.88 Å². The van der Waals surface area contributed by atoms with Crippen molar-refractivity contribution >= 4 is 33.9 Å². The van der Waals surface area contributed by atoms with Crippen LogP contribution < -0.4 is 0 Å². The summed E-state index contributed by atoms with van der Waals surface area (Å²) in [7, 11) is 0. The normalized spacial score (nSPS) is 10.3. The molecule has 5 heteroatoms. The van der Waals surface area contributed by atoms with Crippen molar-refractivity contribution < 1.29 is 4.52 Å². The Morgan fingerprint density at radius 3 is 3.00 bits per heavy atom. The molecule has 0 aliphatic carbocycles. The maximum absolute atomic E-state index is 4.82. The summed E-state index contributed by atoms with van der Waals surface area (Å²) in [5, 5.41) is 5.76. The molecule has 0 fully saturated rings. The van der Waals surface area contributed by atoms with Crippen LogP contribution >= 0.6 is 33.9 Å². The van der Waals surface area contributed by atoms with E-state index in [9.17, 15) is 0 Å². The lowest BCUT2D eigenvalue weighted by Crippen LogP contribution is -1.73. The van der Waals surface area contributed by atoms with Crippen molar-refractivity contribution in [2.45, 2.75) is 0 Å². The molecular formula is C6H3IN2OS. The topological polar surface area (TPSA) is 38.9 Å². The summed E-state index contributed by atoms with van der Waals surface area (Å²) in [6.45, 7) is 0. The van der Waals surface area contributed by atoms with Crippen LogP contribution in [0.1, 0.15) is 0 Å². The molecule has 11 heavy (non-hydrogen) atoms. The molecule has 0 saturated carbocycles. The highest BCUT2D eigenvalue weighted by molar-refractivity contribution is 14.1. The van der Waals surface area contributed by atoms with Gasteiger partial charge in [-0.25, -0.2) is 0 Å². The quantitative estimate of drug-likeness (QED) is 0.752. The number of nitrogens with zero attached hydrogens (tertiary/aromatic N) is 2. The van der Waals surface area contributed by atoms with Crippen LogP contribution in [0.5, 0.6) is 0 Å². The van der Waals surface area contributed by atoms with Gasteiger partial charge in [0.1, 0.15) is 0 Å². The first-order valence-corrected chi connectivity index (χ1v) is 4.85. The highest BCUT2D eigenvalue weighted by Crippen LogP contribution is 2.21. The van der Waals surface area contributed by atoms with E-state index in [1.54, 1.807) is 11.3 Å². The highest BCUT2D eigenvalue weighted by Gasteiger charge is 2.05. The zero-order valence-corrected chi connectivity index (χ0v) is 8.29. The second-order valence-corrected chi connectivity index (χ2v) is 3.72. The first-order chi connectivity index (χ1) is 5.36. The molecule has 0 unspecified atom stereocenters. The van der Waals surface area contributed by atoms with Crippen LogP contribution in [0.2, 0.25) is 0 Å². The largest absolute Gasteiger partial charge is 0.328 e. The third-order valence-corrected chi connectivity index (χ3v) is 2.45. The molecule has 0 spiro atoms. The van der Waals surface area contributed by atoms with Gasteiger partial charge < -0.3 is 4.52 Å². The van der Waals surface area contributed by atoms with E-state index in [4.69, 9.17) is 4.52 Å². The molecule has 0 radical (unpaired) electrons. The molecule has 3 nitrogen and oxygen atoms in total. The van der Waals surface area contributed by atoms with Gasteiger partial charge in [-0.2, -0.15) is 4.98 Å². The van der Waals surface area contributed by atoms with E-state index >= 15 is 0 Å². The molecule has 2 rings (SSSR count). The van der Waals surface area contributed by atoms with E-state index in [1.165, 1.54) is 0 Å². The fourth-order valence-corrected chi connectivity index (χ4v) is 1.69. The fraction of sp³-hybridized carbons (Fsp3) is 0. The van der Waals surface area contributed by atoms with Crippen LogP contribution in [0.15, 0.2) is 22.0 Å². The minimum absolute atomic E-state index is 0.575. The summed E-state index contributed by atoms with van der Waals surface area (Å²) in [6, 6.07) is 3.93. The van der Waals surface area contributed by atoms with E-state index in [1.807, 2.05) is 40.1 Å². The lowest BCUT2D eigenvalue weighted by molar-refractivity contribution is 0.394. The number of thiophene rings is 1. The molecule has 0 atom stereocenters.